The molecular weight excluding hydrogens is 212 g/mol. The summed E-state index contributed by atoms with van der Waals surface area (Å²) in [5.74, 6) is 0.184. The minimum Gasteiger partial charge on any atom is -0.345 e. The summed E-state index contributed by atoms with van der Waals surface area (Å²) in [6.07, 6.45) is 2.24. The Balaban J connectivity index is 2.40. The standard InChI is InChI=1S/C14H22N2O/c1-12-6-3-4-7-13(12)9-11-16(2)14(17)8-5-10-15/h3-4,6-7H,5,8-11,15H2,1-2H3. The Morgan fingerprint density at radius 2 is 2.06 bits per heavy atom. The van der Waals surface area contributed by atoms with Crippen LogP contribution in [0.1, 0.15) is 24.0 Å². The average Bonchev–Trinajstić information content (AvgIpc) is 2.34. The molecule has 0 aliphatic rings. The molecule has 1 rings (SSSR count). The topological polar surface area (TPSA) is 46.3 Å². The Morgan fingerprint density at radius 1 is 1.35 bits per heavy atom. The van der Waals surface area contributed by atoms with E-state index in [9.17, 15) is 4.79 Å². The molecule has 0 spiro atoms. The van der Waals surface area contributed by atoms with Crippen molar-refractivity contribution in [3.63, 3.8) is 0 Å². The minimum atomic E-state index is 0.184. The van der Waals surface area contributed by atoms with Gasteiger partial charge in [-0.15, -0.1) is 0 Å². The summed E-state index contributed by atoms with van der Waals surface area (Å²) in [7, 11) is 1.86. The number of nitrogens with zero attached hydrogens (tertiary/aromatic N) is 1. The highest BCUT2D eigenvalue weighted by Crippen LogP contribution is 2.08. The Kier molecular flexibility index (Phi) is 5.70. The molecule has 0 atom stereocenters. The molecule has 0 fully saturated rings. The van der Waals surface area contributed by atoms with E-state index < -0.39 is 0 Å². The number of amides is 1. The van der Waals surface area contributed by atoms with Crippen LogP contribution in [0, 0.1) is 6.92 Å². The molecule has 0 aliphatic carbocycles. The molecule has 0 saturated heterocycles. The van der Waals surface area contributed by atoms with Crippen LogP contribution in [0.25, 0.3) is 0 Å². The normalized spacial score (nSPS) is 10.3. The minimum absolute atomic E-state index is 0.184. The molecule has 0 saturated carbocycles. The zero-order valence-corrected chi connectivity index (χ0v) is 10.8. The smallest absolute Gasteiger partial charge is 0.222 e. The van der Waals surface area contributed by atoms with Crippen molar-refractivity contribution in [2.24, 2.45) is 5.73 Å². The lowest BCUT2D eigenvalue weighted by Gasteiger charge is -2.17. The van der Waals surface area contributed by atoms with Crippen molar-refractivity contribution in [3.8, 4) is 0 Å². The van der Waals surface area contributed by atoms with Gasteiger partial charge in [0.25, 0.3) is 0 Å². The van der Waals surface area contributed by atoms with Crippen LogP contribution >= 0.6 is 0 Å². The van der Waals surface area contributed by atoms with Gasteiger partial charge in [-0.1, -0.05) is 24.3 Å². The molecule has 94 valence electrons. The third kappa shape index (κ3) is 4.57. The maximum Gasteiger partial charge on any atom is 0.222 e. The Labute approximate surface area is 104 Å². The van der Waals surface area contributed by atoms with E-state index in [0.29, 0.717) is 13.0 Å². The fraction of sp³-hybridized carbons (Fsp3) is 0.500. The quantitative estimate of drug-likeness (QED) is 0.815. The largest absolute Gasteiger partial charge is 0.345 e. The molecule has 0 aromatic heterocycles. The van der Waals surface area contributed by atoms with Gasteiger partial charge in [-0.25, -0.2) is 0 Å². The SMILES string of the molecule is Cc1ccccc1CCN(C)C(=O)CCCN. The number of nitrogens with two attached hydrogens (primary N) is 1. The molecule has 1 aromatic carbocycles. The molecule has 3 heteroatoms. The first kappa shape index (κ1) is 13.7. The second-order valence-electron chi connectivity index (χ2n) is 4.38. The van der Waals surface area contributed by atoms with Crippen molar-refractivity contribution in [3.05, 3.63) is 35.4 Å². The van der Waals surface area contributed by atoms with Gasteiger partial charge in [0, 0.05) is 20.0 Å². The van der Waals surface area contributed by atoms with Gasteiger partial charge in [0.15, 0.2) is 0 Å². The zero-order chi connectivity index (χ0) is 12.7. The van der Waals surface area contributed by atoms with Crippen LogP contribution in [0.15, 0.2) is 24.3 Å². The van der Waals surface area contributed by atoms with Gasteiger partial charge in [-0.2, -0.15) is 0 Å². The van der Waals surface area contributed by atoms with Crippen LogP contribution < -0.4 is 5.73 Å². The summed E-state index contributed by atoms with van der Waals surface area (Å²) >= 11 is 0. The van der Waals surface area contributed by atoms with Crippen molar-refractivity contribution < 1.29 is 4.79 Å². The molecule has 0 bridgehead atoms. The summed E-state index contributed by atoms with van der Waals surface area (Å²) in [4.78, 5) is 13.5. The molecule has 2 N–H and O–H groups in total. The van der Waals surface area contributed by atoms with Crippen LogP contribution in [-0.4, -0.2) is 30.9 Å². The Morgan fingerprint density at radius 3 is 2.71 bits per heavy atom. The second kappa shape index (κ2) is 7.07. The number of carbonyl (C=O) groups excluding carboxylic acids is 1. The number of benzene rings is 1. The van der Waals surface area contributed by atoms with Crippen LogP contribution in [0.4, 0.5) is 0 Å². The van der Waals surface area contributed by atoms with Gasteiger partial charge in [-0.3, -0.25) is 4.79 Å². The monoisotopic (exact) mass is 234 g/mol. The van der Waals surface area contributed by atoms with E-state index in [4.69, 9.17) is 5.73 Å². The van der Waals surface area contributed by atoms with Crippen LogP contribution in [0.3, 0.4) is 0 Å². The van der Waals surface area contributed by atoms with Crippen molar-refractivity contribution in [1.29, 1.82) is 0 Å². The van der Waals surface area contributed by atoms with Crippen LogP contribution in [0.2, 0.25) is 0 Å². The lowest BCUT2D eigenvalue weighted by atomic mass is 10.1. The van der Waals surface area contributed by atoms with Gasteiger partial charge in [0.05, 0.1) is 0 Å². The van der Waals surface area contributed by atoms with Crippen molar-refractivity contribution in [2.45, 2.75) is 26.2 Å². The lowest BCUT2D eigenvalue weighted by Crippen LogP contribution is -2.29. The lowest BCUT2D eigenvalue weighted by molar-refractivity contribution is -0.129. The van der Waals surface area contributed by atoms with Crippen LogP contribution in [-0.2, 0) is 11.2 Å². The number of likely N-dealkylation sites (N-methyl/N-ethyl adjacent to an activating group) is 1. The van der Waals surface area contributed by atoms with Crippen molar-refractivity contribution >= 4 is 5.91 Å². The third-order valence-corrected chi connectivity index (χ3v) is 3.00. The van der Waals surface area contributed by atoms with Crippen molar-refractivity contribution in [2.75, 3.05) is 20.1 Å². The fourth-order valence-corrected chi connectivity index (χ4v) is 1.75. The highest BCUT2D eigenvalue weighted by molar-refractivity contribution is 5.75. The summed E-state index contributed by atoms with van der Waals surface area (Å²) in [6, 6.07) is 8.30. The predicted molar refractivity (Wildman–Crippen MR) is 70.8 cm³/mol. The maximum absolute atomic E-state index is 11.7. The molecule has 1 amide bonds. The van der Waals surface area contributed by atoms with E-state index in [1.54, 1.807) is 4.90 Å². The fourth-order valence-electron chi connectivity index (χ4n) is 1.75. The highest BCUT2D eigenvalue weighted by Gasteiger charge is 2.08. The molecule has 3 nitrogen and oxygen atoms in total. The molecule has 17 heavy (non-hydrogen) atoms. The van der Waals surface area contributed by atoms with E-state index in [1.165, 1.54) is 11.1 Å². The summed E-state index contributed by atoms with van der Waals surface area (Å²) < 4.78 is 0. The number of hydrogen-bond donors (Lipinski definition) is 1. The molecular formula is C14H22N2O. The average molecular weight is 234 g/mol. The molecule has 0 unspecified atom stereocenters. The van der Waals surface area contributed by atoms with E-state index in [2.05, 4.69) is 19.1 Å². The van der Waals surface area contributed by atoms with Gasteiger partial charge in [0.2, 0.25) is 5.91 Å². The maximum atomic E-state index is 11.7. The highest BCUT2D eigenvalue weighted by atomic mass is 16.2. The van der Waals surface area contributed by atoms with E-state index in [-0.39, 0.29) is 5.91 Å². The molecule has 0 aliphatic heterocycles. The molecule has 1 aromatic rings. The predicted octanol–water partition coefficient (Wildman–Crippen LogP) is 1.73. The van der Waals surface area contributed by atoms with E-state index in [1.807, 2.05) is 19.2 Å². The third-order valence-electron chi connectivity index (χ3n) is 3.00. The van der Waals surface area contributed by atoms with Gasteiger partial charge in [-0.05, 0) is 37.4 Å². The first-order chi connectivity index (χ1) is 8.15. The van der Waals surface area contributed by atoms with Gasteiger partial charge in [0.1, 0.15) is 0 Å². The van der Waals surface area contributed by atoms with Crippen molar-refractivity contribution in [1.82, 2.24) is 4.90 Å². The van der Waals surface area contributed by atoms with Crippen LogP contribution in [0.5, 0.6) is 0 Å². The number of hydrogen-bond acceptors (Lipinski definition) is 2. The van der Waals surface area contributed by atoms with E-state index >= 15 is 0 Å². The number of carbonyl (C=O) groups is 1. The summed E-state index contributed by atoms with van der Waals surface area (Å²) in [5, 5.41) is 0. The molecule has 0 heterocycles. The summed E-state index contributed by atoms with van der Waals surface area (Å²) in [6.45, 7) is 3.46. The second-order valence-corrected chi connectivity index (χ2v) is 4.38. The van der Waals surface area contributed by atoms with E-state index in [0.717, 1.165) is 19.4 Å². The zero-order valence-electron chi connectivity index (χ0n) is 10.8. The first-order valence-corrected chi connectivity index (χ1v) is 6.13. The van der Waals surface area contributed by atoms with Gasteiger partial charge >= 0.3 is 0 Å². The Bertz CT molecular complexity index is 363. The van der Waals surface area contributed by atoms with Gasteiger partial charge < -0.3 is 10.6 Å². The number of aryl methyl sites for hydroxylation is 1. The first-order valence-electron chi connectivity index (χ1n) is 6.13. The number of rotatable bonds is 6. The summed E-state index contributed by atoms with van der Waals surface area (Å²) in [5.41, 5.74) is 7.99. The Hall–Kier alpha value is -1.35. The molecule has 0 radical (unpaired) electrons.